The maximum atomic E-state index is 12.3. The molecule has 0 fully saturated rings. The molecule has 1 aromatic rings. The highest BCUT2D eigenvalue weighted by atomic mass is 79.9. The predicted molar refractivity (Wildman–Crippen MR) is 39.1 cm³/mol. The minimum atomic E-state index is -0.937. The second-order valence-corrected chi connectivity index (χ2v) is 2.94. The average molecular weight is 227 g/mol. The van der Waals surface area contributed by atoms with Crippen molar-refractivity contribution < 1.29 is 8.78 Å². The van der Waals surface area contributed by atoms with Crippen molar-refractivity contribution >= 4 is 27.5 Å². The van der Waals surface area contributed by atoms with Gasteiger partial charge in [0.05, 0.1) is 5.02 Å². The molecule has 0 amide bonds. The Hall–Kier alpha value is -0.150. The molecule has 0 unspecified atom stereocenters. The molecule has 0 N–H and O–H groups in total. The smallest absolute Gasteiger partial charge is 0.160 e. The molecule has 0 heterocycles. The summed E-state index contributed by atoms with van der Waals surface area (Å²) in [6.07, 6.45) is 0. The van der Waals surface area contributed by atoms with Crippen molar-refractivity contribution in [2.24, 2.45) is 0 Å². The van der Waals surface area contributed by atoms with E-state index >= 15 is 0 Å². The predicted octanol–water partition coefficient (Wildman–Crippen LogP) is 3.38. The third kappa shape index (κ3) is 1.47. The van der Waals surface area contributed by atoms with Gasteiger partial charge in [-0.15, -0.1) is 0 Å². The van der Waals surface area contributed by atoms with E-state index in [1.807, 2.05) is 0 Å². The van der Waals surface area contributed by atoms with Crippen molar-refractivity contribution in [1.29, 1.82) is 0 Å². The Kier molecular flexibility index (Phi) is 2.26. The lowest BCUT2D eigenvalue weighted by atomic mass is 10.3. The zero-order chi connectivity index (χ0) is 7.72. The average Bonchev–Trinajstić information content (AvgIpc) is 1.84. The fourth-order valence-electron chi connectivity index (χ4n) is 0.498. The van der Waals surface area contributed by atoms with E-state index in [-0.39, 0.29) is 5.02 Å². The molecule has 0 atom stereocenters. The van der Waals surface area contributed by atoms with Gasteiger partial charge in [-0.25, -0.2) is 8.78 Å². The molecule has 0 saturated heterocycles. The third-order valence-electron chi connectivity index (χ3n) is 0.963. The Balaban J connectivity index is 3.28. The van der Waals surface area contributed by atoms with Gasteiger partial charge in [-0.2, -0.15) is 0 Å². The largest absolute Gasteiger partial charge is 0.204 e. The van der Waals surface area contributed by atoms with Crippen LogP contribution in [0, 0.1) is 11.6 Å². The first-order valence-corrected chi connectivity index (χ1v) is 3.58. The van der Waals surface area contributed by atoms with Crippen LogP contribution >= 0.6 is 27.5 Å². The standard InChI is InChI=1S/C6H2BrClF2/c7-3-1-5(9)6(10)2-4(3)8/h1-2H. The summed E-state index contributed by atoms with van der Waals surface area (Å²) in [4.78, 5) is 0. The van der Waals surface area contributed by atoms with Gasteiger partial charge in [0.25, 0.3) is 0 Å². The molecule has 0 saturated carbocycles. The van der Waals surface area contributed by atoms with Gasteiger partial charge < -0.3 is 0 Å². The van der Waals surface area contributed by atoms with Crippen molar-refractivity contribution in [3.63, 3.8) is 0 Å². The summed E-state index contributed by atoms with van der Waals surface area (Å²) in [5.74, 6) is -1.84. The van der Waals surface area contributed by atoms with E-state index in [0.29, 0.717) is 4.47 Å². The fourth-order valence-corrected chi connectivity index (χ4v) is 0.964. The van der Waals surface area contributed by atoms with Gasteiger partial charge in [0.1, 0.15) is 0 Å². The van der Waals surface area contributed by atoms with E-state index in [4.69, 9.17) is 11.6 Å². The summed E-state index contributed by atoms with van der Waals surface area (Å²) in [6.45, 7) is 0. The van der Waals surface area contributed by atoms with Gasteiger partial charge in [0.15, 0.2) is 11.6 Å². The lowest BCUT2D eigenvalue weighted by molar-refractivity contribution is 0.508. The van der Waals surface area contributed by atoms with Crippen LogP contribution in [0.2, 0.25) is 5.02 Å². The van der Waals surface area contributed by atoms with Crippen molar-refractivity contribution in [3.05, 3.63) is 33.3 Å². The normalized spacial score (nSPS) is 10.0. The molecule has 0 radical (unpaired) electrons. The quantitative estimate of drug-likeness (QED) is 0.596. The third-order valence-corrected chi connectivity index (χ3v) is 2.16. The van der Waals surface area contributed by atoms with Crippen LogP contribution in [-0.2, 0) is 0 Å². The Morgan fingerprint density at radius 2 is 1.70 bits per heavy atom. The topological polar surface area (TPSA) is 0 Å². The van der Waals surface area contributed by atoms with E-state index in [9.17, 15) is 8.78 Å². The highest BCUT2D eigenvalue weighted by Crippen LogP contribution is 2.24. The minimum Gasteiger partial charge on any atom is -0.204 e. The number of benzene rings is 1. The second-order valence-electron chi connectivity index (χ2n) is 1.68. The molecule has 0 aliphatic heterocycles. The molecule has 0 nitrogen and oxygen atoms in total. The molecular weight excluding hydrogens is 225 g/mol. The highest BCUT2D eigenvalue weighted by Gasteiger charge is 2.04. The molecule has 10 heavy (non-hydrogen) atoms. The van der Waals surface area contributed by atoms with Gasteiger partial charge >= 0.3 is 0 Å². The summed E-state index contributed by atoms with van der Waals surface area (Å²) in [7, 11) is 0. The molecule has 4 heteroatoms. The first-order chi connectivity index (χ1) is 4.61. The van der Waals surface area contributed by atoms with Crippen molar-refractivity contribution in [1.82, 2.24) is 0 Å². The van der Waals surface area contributed by atoms with Crippen molar-refractivity contribution in [2.75, 3.05) is 0 Å². The summed E-state index contributed by atoms with van der Waals surface area (Å²) < 4.78 is 24.9. The van der Waals surface area contributed by atoms with Crippen LogP contribution in [0.5, 0.6) is 0 Å². The molecule has 1 aromatic carbocycles. The Morgan fingerprint density at radius 1 is 1.20 bits per heavy atom. The zero-order valence-electron chi connectivity index (χ0n) is 4.67. The minimum absolute atomic E-state index is 0.166. The first-order valence-electron chi connectivity index (χ1n) is 2.41. The monoisotopic (exact) mass is 226 g/mol. The van der Waals surface area contributed by atoms with Crippen LogP contribution in [0.15, 0.2) is 16.6 Å². The van der Waals surface area contributed by atoms with Crippen molar-refractivity contribution in [2.45, 2.75) is 0 Å². The van der Waals surface area contributed by atoms with E-state index in [1.54, 1.807) is 0 Å². The lowest BCUT2D eigenvalue weighted by Gasteiger charge is -1.95. The number of hydrogen-bond acceptors (Lipinski definition) is 0. The van der Waals surface area contributed by atoms with Gasteiger partial charge in [-0.1, -0.05) is 11.6 Å². The first kappa shape index (κ1) is 7.95. The summed E-state index contributed by atoms with van der Waals surface area (Å²) >= 11 is 8.37. The molecule has 1 rings (SSSR count). The lowest BCUT2D eigenvalue weighted by Crippen LogP contribution is -1.82. The van der Waals surface area contributed by atoms with E-state index in [1.165, 1.54) is 0 Å². The second kappa shape index (κ2) is 2.84. The van der Waals surface area contributed by atoms with E-state index < -0.39 is 11.6 Å². The summed E-state index contributed by atoms with van der Waals surface area (Å²) in [6, 6.07) is 1.90. The van der Waals surface area contributed by atoms with Crippen LogP contribution in [-0.4, -0.2) is 0 Å². The fraction of sp³-hybridized carbons (Fsp3) is 0. The van der Waals surface area contributed by atoms with E-state index in [0.717, 1.165) is 12.1 Å². The SMILES string of the molecule is Fc1cc(Cl)c(Br)cc1F. The van der Waals surface area contributed by atoms with Crippen LogP contribution < -0.4 is 0 Å². The van der Waals surface area contributed by atoms with Crippen LogP contribution in [0.3, 0.4) is 0 Å². The molecule has 0 spiro atoms. The molecule has 0 aliphatic carbocycles. The molecule has 54 valence electrons. The molecule has 0 aliphatic rings. The Labute approximate surface area is 69.9 Å². The molecule has 0 bridgehead atoms. The van der Waals surface area contributed by atoms with Gasteiger partial charge in [-0.05, 0) is 28.1 Å². The number of halogens is 4. The van der Waals surface area contributed by atoms with E-state index in [2.05, 4.69) is 15.9 Å². The molecular formula is C6H2BrClF2. The van der Waals surface area contributed by atoms with Gasteiger partial charge in [0, 0.05) is 4.47 Å². The Bertz CT molecular complexity index is 212. The van der Waals surface area contributed by atoms with Crippen molar-refractivity contribution in [3.8, 4) is 0 Å². The van der Waals surface area contributed by atoms with Crippen LogP contribution in [0.25, 0.3) is 0 Å². The zero-order valence-corrected chi connectivity index (χ0v) is 7.01. The number of rotatable bonds is 0. The van der Waals surface area contributed by atoms with Gasteiger partial charge in [-0.3, -0.25) is 0 Å². The molecule has 0 aromatic heterocycles. The maximum Gasteiger partial charge on any atom is 0.160 e. The number of hydrogen-bond donors (Lipinski definition) is 0. The maximum absolute atomic E-state index is 12.3. The summed E-state index contributed by atoms with van der Waals surface area (Å²) in [5.41, 5.74) is 0. The van der Waals surface area contributed by atoms with Crippen LogP contribution in [0.4, 0.5) is 8.78 Å². The van der Waals surface area contributed by atoms with Crippen LogP contribution in [0.1, 0.15) is 0 Å². The van der Waals surface area contributed by atoms with Gasteiger partial charge in [0.2, 0.25) is 0 Å². The Morgan fingerprint density at radius 3 is 2.20 bits per heavy atom. The summed E-state index contributed by atoms with van der Waals surface area (Å²) in [5, 5.41) is 0.166. The highest BCUT2D eigenvalue weighted by molar-refractivity contribution is 9.10.